The fourth-order valence-electron chi connectivity index (χ4n) is 2.99. The first-order valence-corrected chi connectivity index (χ1v) is 10.8. The van der Waals surface area contributed by atoms with Crippen LogP contribution in [0.3, 0.4) is 0 Å². The summed E-state index contributed by atoms with van der Waals surface area (Å²) in [7, 11) is -1.04. The largest absolute Gasteiger partial charge is 0.352 e. The molecule has 134 valence electrons. The van der Waals surface area contributed by atoms with Gasteiger partial charge in [-0.2, -0.15) is 0 Å². The number of carbonyl (C=O) groups is 1. The van der Waals surface area contributed by atoms with Crippen LogP contribution in [0.4, 0.5) is 0 Å². The monoisotopic (exact) mass is 414 g/mol. The van der Waals surface area contributed by atoms with Crippen molar-refractivity contribution in [1.29, 1.82) is 0 Å². The molecule has 0 aromatic heterocycles. The molecule has 1 aromatic carbocycles. The van der Waals surface area contributed by atoms with Crippen molar-refractivity contribution in [3.63, 3.8) is 0 Å². The van der Waals surface area contributed by atoms with Crippen molar-refractivity contribution in [2.75, 3.05) is 25.4 Å². The molecule has 1 heterocycles. The Bertz CT molecular complexity index is 544. The number of carbonyl (C=O) groups excluding carboxylic acids is 1. The van der Waals surface area contributed by atoms with Crippen LogP contribution in [0.1, 0.15) is 39.0 Å². The second kappa shape index (κ2) is 10.3. The van der Waals surface area contributed by atoms with E-state index in [1.165, 1.54) is 19.3 Å². The standard InChI is InChI=1S/C18H27BrN2O2S/c1-15(14-21-11-3-2-4-12-21)20-18(22)6-5-13-24(23)17-9-7-16(19)8-10-17/h7-10,15H,2-6,11-14H2,1H3,(H,20,22). The molecule has 2 unspecified atom stereocenters. The summed E-state index contributed by atoms with van der Waals surface area (Å²) >= 11 is 3.37. The van der Waals surface area contributed by atoms with Crippen molar-refractivity contribution >= 4 is 32.6 Å². The lowest BCUT2D eigenvalue weighted by Gasteiger charge is -2.29. The average molecular weight is 415 g/mol. The lowest BCUT2D eigenvalue weighted by molar-refractivity contribution is -0.121. The minimum Gasteiger partial charge on any atom is -0.352 e. The second-order valence-corrected chi connectivity index (χ2v) is 8.92. The number of halogens is 1. The minimum absolute atomic E-state index is 0.0623. The zero-order chi connectivity index (χ0) is 17.4. The van der Waals surface area contributed by atoms with E-state index in [1.54, 1.807) is 0 Å². The topological polar surface area (TPSA) is 49.4 Å². The maximum atomic E-state index is 12.2. The molecule has 0 saturated carbocycles. The van der Waals surface area contributed by atoms with Crippen LogP contribution in [0.25, 0.3) is 0 Å². The summed E-state index contributed by atoms with van der Waals surface area (Å²) in [6.45, 7) is 5.28. The third-order valence-corrected chi connectivity index (χ3v) is 6.18. The van der Waals surface area contributed by atoms with Crippen LogP contribution in [0.15, 0.2) is 33.6 Å². The minimum atomic E-state index is -1.04. The maximum absolute atomic E-state index is 12.2. The highest BCUT2D eigenvalue weighted by atomic mass is 79.9. The molecule has 1 fully saturated rings. The highest BCUT2D eigenvalue weighted by Gasteiger charge is 2.15. The molecule has 1 aliphatic rings. The highest BCUT2D eigenvalue weighted by molar-refractivity contribution is 9.10. The summed E-state index contributed by atoms with van der Waals surface area (Å²) in [5.74, 6) is 0.586. The molecule has 24 heavy (non-hydrogen) atoms. The van der Waals surface area contributed by atoms with Crippen LogP contribution in [-0.2, 0) is 15.6 Å². The average Bonchev–Trinajstić information content (AvgIpc) is 2.56. The van der Waals surface area contributed by atoms with Gasteiger partial charge in [0.1, 0.15) is 0 Å². The molecule has 1 aromatic rings. The summed E-state index contributed by atoms with van der Waals surface area (Å²) in [6, 6.07) is 7.68. The van der Waals surface area contributed by atoms with Crippen molar-refractivity contribution in [3.8, 4) is 0 Å². The fourth-order valence-corrected chi connectivity index (χ4v) is 4.34. The molecule has 2 rings (SSSR count). The normalized spacial score (nSPS) is 18.1. The third kappa shape index (κ3) is 7.03. The van der Waals surface area contributed by atoms with Gasteiger partial charge in [-0.1, -0.05) is 22.4 Å². The molecule has 1 N–H and O–H groups in total. The Hall–Kier alpha value is -0.720. The number of nitrogens with one attached hydrogen (secondary N) is 1. The van der Waals surface area contributed by atoms with E-state index < -0.39 is 10.8 Å². The quantitative estimate of drug-likeness (QED) is 0.709. The number of rotatable bonds is 8. The van der Waals surface area contributed by atoms with Gasteiger partial charge in [-0.15, -0.1) is 0 Å². The molecule has 1 aliphatic heterocycles. The molecule has 1 amide bonds. The lowest BCUT2D eigenvalue weighted by Crippen LogP contribution is -2.43. The molecular formula is C18H27BrN2O2S. The number of likely N-dealkylation sites (tertiary alicyclic amines) is 1. The van der Waals surface area contributed by atoms with Crippen molar-refractivity contribution in [2.45, 2.75) is 50.0 Å². The highest BCUT2D eigenvalue weighted by Crippen LogP contribution is 2.14. The van der Waals surface area contributed by atoms with Gasteiger partial charge in [0.25, 0.3) is 0 Å². The predicted octanol–water partition coefficient (Wildman–Crippen LogP) is 3.33. The number of nitrogens with zero attached hydrogens (tertiary/aromatic N) is 1. The smallest absolute Gasteiger partial charge is 0.220 e. The van der Waals surface area contributed by atoms with E-state index >= 15 is 0 Å². The van der Waals surface area contributed by atoms with E-state index in [4.69, 9.17) is 0 Å². The zero-order valence-electron chi connectivity index (χ0n) is 14.3. The van der Waals surface area contributed by atoms with Crippen molar-refractivity contribution < 1.29 is 9.00 Å². The maximum Gasteiger partial charge on any atom is 0.220 e. The molecule has 0 radical (unpaired) electrons. The molecule has 6 heteroatoms. The molecule has 0 bridgehead atoms. The van der Waals surface area contributed by atoms with Gasteiger partial charge in [0.2, 0.25) is 5.91 Å². The van der Waals surface area contributed by atoms with Gasteiger partial charge in [0, 0.05) is 34.1 Å². The number of hydrogen-bond acceptors (Lipinski definition) is 3. The Morgan fingerprint density at radius 1 is 1.25 bits per heavy atom. The SMILES string of the molecule is CC(CN1CCCCC1)NC(=O)CCCS(=O)c1ccc(Br)cc1. The van der Waals surface area contributed by atoms with Crippen LogP contribution in [-0.4, -0.2) is 46.4 Å². The Balaban J connectivity index is 1.63. The Morgan fingerprint density at radius 3 is 2.58 bits per heavy atom. The summed E-state index contributed by atoms with van der Waals surface area (Å²) in [5.41, 5.74) is 0. The first-order chi connectivity index (χ1) is 11.5. The third-order valence-electron chi connectivity index (χ3n) is 4.20. The van der Waals surface area contributed by atoms with Gasteiger partial charge in [-0.25, -0.2) is 0 Å². The number of amides is 1. The van der Waals surface area contributed by atoms with Gasteiger partial charge in [0.05, 0.1) is 10.8 Å². The number of piperidine rings is 1. The number of benzene rings is 1. The van der Waals surface area contributed by atoms with Crippen LogP contribution in [0, 0.1) is 0 Å². The summed E-state index contributed by atoms with van der Waals surface area (Å²) in [4.78, 5) is 15.3. The second-order valence-electron chi connectivity index (χ2n) is 6.44. The predicted molar refractivity (Wildman–Crippen MR) is 103 cm³/mol. The van der Waals surface area contributed by atoms with Gasteiger partial charge >= 0.3 is 0 Å². The van der Waals surface area contributed by atoms with Crippen LogP contribution in [0.2, 0.25) is 0 Å². The Kier molecular flexibility index (Phi) is 8.42. The van der Waals surface area contributed by atoms with Gasteiger partial charge in [-0.3, -0.25) is 9.00 Å². The van der Waals surface area contributed by atoms with E-state index in [0.717, 1.165) is 29.0 Å². The van der Waals surface area contributed by atoms with Crippen molar-refractivity contribution in [1.82, 2.24) is 10.2 Å². The van der Waals surface area contributed by atoms with E-state index in [2.05, 4.69) is 33.1 Å². The zero-order valence-corrected chi connectivity index (χ0v) is 16.7. The molecule has 2 atom stereocenters. The fraction of sp³-hybridized carbons (Fsp3) is 0.611. The summed E-state index contributed by atoms with van der Waals surface area (Å²) in [5, 5.41) is 3.06. The molecule has 0 spiro atoms. The van der Waals surface area contributed by atoms with E-state index in [9.17, 15) is 9.00 Å². The molecule has 0 aliphatic carbocycles. The molecule has 1 saturated heterocycles. The molecule has 4 nitrogen and oxygen atoms in total. The van der Waals surface area contributed by atoms with Crippen molar-refractivity contribution in [2.24, 2.45) is 0 Å². The van der Waals surface area contributed by atoms with E-state index in [0.29, 0.717) is 18.6 Å². The molecular weight excluding hydrogens is 388 g/mol. The van der Waals surface area contributed by atoms with E-state index in [-0.39, 0.29) is 11.9 Å². The Morgan fingerprint density at radius 2 is 1.92 bits per heavy atom. The lowest BCUT2D eigenvalue weighted by atomic mass is 10.1. The first-order valence-electron chi connectivity index (χ1n) is 8.70. The first kappa shape index (κ1) is 19.6. The van der Waals surface area contributed by atoms with Gasteiger partial charge in [-0.05, 0) is 63.5 Å². The number of hydrogen-bond donors (Lipinski definition) is 1. The summed E-state index contributed by atoms with van der Waals surface area (Å²) in [6.07, 6.45) is 4.94. The van der Waals surface area contributed by atoms with Gasteiger partial charge in [0.15, 0.2) is 0 Å². The van der Waals surface area contributed by atoms with Crippen LogP contribution >= 0.6 is 15.9 Å². The van der Waals surface area contributed by atoms with Crippen LogP contribution in [0.5, 0.6) is 0 Å². The van der Waals surface area contributed by atoms with Crippen LogP contribution < -0.4 is 5.32 Å². The summed E-state index contributed by atoms with van der Waals surface area (Å²) < 4.78 is 13.2. The van der Waals surface area contributed by atoms with Crippen molar-refractivity contribution in [3.05, 3.63) is 28.7 Å². The van der Waals surface area contributed by atoms with Gasteiger partial charge < -0.3 is 10.2 Å². The Labute approximate surface area is 156 Å². The van der Waals surface area contributed by atoms with E-state index in [1.807, 2.05) is 24.3 Å².